The lowest BCUT2D eigenvalue weighted by Crippen LogP contribution is -2.40. The molecule has 7 nitrogen and oxygen atoms in total. The van der Waals surface area contributed by atoms with Gasteiger partial charge in [-0.1, -0.05) is 48.5 Å². The molecule has 1 aliphatic rings. The number of hydrazone groups is 1. The number of sulfonamides is 1. The molecule has 1 aromatic heterocycles. The number of nitrogens with zero attached hydrogens (tertiary/aromatic N) is 3. The van der Waals surface area contributed by atoms with Crippen LogP contribution in [0.2, 0.25) is 0 Å². The van der Waals surface area contributed by atoms with Gasteiger partial charge < -0.3 is 4.74 Å². The van der Waals surface area contributed by atoms with Gasteiger partial charge in [0, 0.05) is 29.6 Å². The van der Waals surface area contributed by atoms with E-state index in [0.717, 1.165) is 11.3 Å². The number of rotatable bonds is 6. The standard InChI is InChI=1S/C20H20N4O3S2/c25-29(26,24-10-12-27-13-11-24)19-9-5-4-8-17(19)14-21-23-20-22-18(15-28-20)16-6-2-1-3-7-16/h1-9,14-15H,10-13H2,(H,22,23). The monoisotopic (exact) mass is 428 g/mol. The molecule has 0 saturated carbocycles. The van der Waals surface area contributed by atoms with Gasteiger partial charge in [0.15, 0.2) is 0 Å². The summed E-state index contributed by atoms with van der Waals surface area (Å²) in [6.45, 7) is 1.52. The molecule has 0 radical (unpaired) electrons. The summed E-state index contributed by atoms with van der Waals surface area (Å²) in [5, 5.41) is 6.78. The lowest BCUT2D eigenvalue weighted by Gasteiger charge is -2.26. The number of thiazole rings is 1. The zero-order valence-corrected chi connectivity index (χ0v) is 17.2. The van der Waals surface area contributed by atoms with Crippen molar-refractivity contribution < 1.29 is 13.2 Å². The molecule has 1 saturated heterocycles. The Morgan fingerprint density at radius 1 is 1.07 bits per heavy atom. The Kier molecular flexibility index (Phi) is 6.00. The Hall–Kier alpha value is -2.59. The first-order valence-corrected chi connectivity index (χ1v) is 11.4. The minimum absolute atomic E-state index is 0.233. The van der Waals surface area contributed by atoms with Crippen molar-refractivity contribution in [1.82, 2.24) is 9.29 Å². The number of hydrogen-bond donors (Lipinski definition) is 1. The van der Waals surface area contributed by atoms with Crippen molar-refractivity contribution >= 4 is 32.7 Å². The Morgan fingerprint density at radius 2 is 1.79 bits per heavy atom. The molecule has 0 unspecified atom stereocenters. The van der Waals surface area contributed by atoms with Crippen LogP contribution in [0.15, 0.2) is 70.0 Å². The lowest BCUT2D eigenvalue weighted by molar-refractivity contribution is 0.0730. The first-order valence-electron chi connectivity index (χ1n) is 9.11. The maximum atomic E-state index is 13.0. The fraction of sp³-hybridized carbons (Fsp3) is 0.200. The predicted octanol–water partition coefficient (Wildman–Crippen LogP) is 3.28. The van der Waals surface area contributed by atoms with Crippen molar-refractivity contribution in [3.63, 3.8) is 0 Å². The van der Waals surface area contributed by atoms with Crippen LogP contribution in [0.1, 0.15) is 5.56 Å². The van der Waals surface area contributed by atoms with Crippen molar-refractivity contribution in [3.8, 4) is 11.3 Å². The van der Waals surface area contributed by atoms with Gasteiger partial charge in [-0.25, -0.2) is 13.4 Å². The highest BCUT2D eigenvalue weighted by Gasteiger charge is 2.27. The van der Waals surface area contributed by atoms with Crippen molar-refractivity contribution in [2.45, 2.75) is 4.90 Å². The van der Waals surface area contributed by atoms with Crippen LogP contribution in [0.5, 0.6) is 0 Å². The van der Waals surface area contributed by atoms with Crippen LogP contribution in [0.3, 0.4) is 0 Å². The van der Waals surface area contributed by atoms with E-state index in [9.17, 15) is 8.42 Å². The van der Waals surface area contributed by atoms with E-state index in [-0.39, 0.29) is 4.90 Å². The molecule has 4 rings (SSSR count). The highest BCUT2D eigenvalue weighted by atomic mass is 32.2. The van der Waals surface area contributed by atoms with Crippen molar-refractivity contribution in [2.24, 2.45) is 5.10 Å². The molecule has 2 heterocycles. The molecule has 0 spiro atoms. The Labute approximate surface area is 173 Å². The lowest BCUT2D eigenvalue weighted by atomic mass is 10.2. The van der Waals surface area contributed by atoms with Crippen LogP contribution in [0, 0.1) is 0 Å². The van der Waals surface area contributed by atoms with Gasteiger partial charge >= 0.3 is 0 Å². The van der Waals surface area contributed by atoms with E-state index >= 15 is 0 Å². The highest BCUT2D eigenvalue weighted by molar-refractivity contribution is 7.89. The zero-order chi connectivity index (χ0) is 20.1. The summed E-state index contributed by atoms with van der Waals surface area (Å²) in [7, 11) is -3.60. The Morgan fingerprint density at radius 3 is 2.59 bits per heavy atom. The summed E-state index contributed by atoms with van der Waals surface area (Å²) in [5.74, 6) is 0. The second-order valence-corrected chi connectivity index (χ2v) is 9.09. The van der Waals surface area contributed by atoms with Gasteiger partial charge in [-0.15, -0.1) is 11.3 Å². The largest absolute Gasteiger partial charge is 0.379 e. The van der Waals surface area contributed by atoms with Crippen LogP contribution in [-0.2, 0) is 14.8 Å². The fourth-order valence-electron chi connectivity index (χ4n) is 2.97. The van der Waals surface area contributed by atoms with Gasteiger partial charge in [0.1, 0.15) is 0 Å². The number of ether oxygens (including phenoxy) is 1. The topological polar surface area (TPSA) is 83.9 Å². The Balaban J connectivity index is 1.50. The number of anilines is 1. The average molecular weight is 429 g/mol. The molecule has 3 aromatic rings. The third-order valence-electron chi connectivity index (χ3n) is 4.44. The summed E-state index contributed by atoms with van der Waals surface area (Å²) in [6.07, 6.45) is 1.51. The Bertz CT molecular complexity index is 1090. The van der Waals surface area contributed by atoms with Gasteiger partial charge in [-0.2, -0.15) is 9.41 Å². The molecule has 1 N–H and O–H groups in total. The minimum atomic E-state index is -3.60. The summed E-state index contributed by atoms with van der Waals surface area (Å²) in [6, 6.07) is 16.7. The van der Waals surface area contributed by atoms with Crippen LogP contribution in [0.25, 0.3) is 11.3 Å². The molecule has 2 aromatic carbocycles. The summed E-state index contributed by atoms with van der Waals surface area (Å²) < 4.78 is 32.7. The van der Waals surface area contributed by atoms with Gasteiger partial charge in [-0.3, -0.25) is 5.43 Å². The molecule has 9 heteroatoms. The molecule has 0 aliphatic carbocycles. The van der Waals surface area contributed by atoms with E-state index < -0.39 is 10.0 Å². The number of hydrogen-bond acceptors (Lipinski definition) is 7. The molecular weight excluding hydrogens is 408 g/mol. The van der Waals surface area contributed by atoms with Crippen LogP contribution < -0.4 is 5.43 Å². The average Bonchev–Trinajstić information content (AvgIpc) is 3.24. The third-order valence-corrected chi connectivity index (χ3v) is 7.16. The predicted molar refractivity (Wildman–Crippen MR) is 115 cm³/mol. The molecular formula is C20H20N4O3S2. The molecule has 1 fully saturated rings. The number of aromatic nitrogens is 1. The highest BCUT2D eigenvalue weighted by Crippen LogP contribution is 2.25. The second kappa shape index (κ2) is 8.83. The van der Waals surface area contributed by atoms with E-state index in [1.807, 2.05) is 35.7 Å². The van der Waals surface area contributed by atoms with Gasteiger partial charge in [0.25, 0.3) is 0 Å². The normalized spacial score (nSPS) is 15.6. The van der Waals surface area contributed by atoms with Crippen LogP contribution in [-0.4, -0.2) is 50.2 Å². The maximum absolute atomic E-state index is 13.0. The number of nitrogens with one attached hydrogen (secondary N) is 1. The summed E-state index contributed by atoms with van der Waals surface area (Å²) in [5.41, 5.74) is 5.30. The fourth-order valence-corrected chi connectivity index (χ4v) is 5.22. The van der Waals surface area contributed by atoms with Crippen molar-refractivity contribution in [2.75, 3.05) is 31.7 Å². The zero-order valence-electron chi connectivity index (χ0n) is 15.6. The molecule has 1 aliphatic heterocycles. The molecule has 0 amide bonds. The quantitative estimate of drug-likeness (QED) is 0.481. The maximum Gasteiger partial charge on any atom is 0.243 e. The molecule has 150 valence electrons. The minimum Gasteiger partial charge on any atom is -0.379 e. The number of morpholine rings is 1. The van der Waals surface area contributed by atoms with Crippen molar-refractivity contribution in [3.05, 3.63) is 65.5 Å². The number of benzene rings is 2. The van der Waals surface area contributed by atoms with Gasteiger partial charge in [-0.05, 0) is 6.07 Å². The third kappa shape index (κ3) is 4.54. The SMILES string of the molecule is O=S(=O)(c1ccccc1C=NNc1nc(-c2ccccc2)cs1)N1CCOCC1. The molecule has 29 heavy (non-hydrogen) atoms. The van der Waals surface area contributed by atoms with Crippen LogP contribution >= 0.6 is 11.3 Å². The van der Waals surface area contributed by atoms with Crippen molar-refractivity contribution in [1.29, 1.82) is 0 Å². The van der Waals surface area contributed by atoms with E-state index in [4.69, 9.17) is 4.74 Å². The van der Waals surface area contributed by atoms with Gasteiger partial charge in [0.05, 0.1) is 30.0 Å². The smallest absolute Gasteiger partial charge is 0.243 e. The second-order valence-electron chi connectivity index (χ2n) is 6.33. The van der Waals surface area contributed by atoms with E-state index in [0.29, 0.717) is 37.0 Å². The molecule has 0 bridgehead atoms. The van der Waals surface area contributed by atoms with E-state index in [2.05, 4.69) is 15.5 Å². The molecule has 0 atom stereocenters. The van der Waals surface area contributed by atoms with Crippen LogP contribution in [0.4, 0.5) is 5.13 Å². The van der Waals surface area contributed by atoms with Gasteiger partial charge in [0.2, 0.25) is 15.2 Å². The van der Waals surface area contributed by atoms with E-state index in [1.165, 1.54) is 21.9 Å². The first kappa shape index (κ1) is 19.7. The van der Waals surface area contributed by atoms with E-state index in [1.54, 1.807) is 24.3 Å². The summed E-state index contributed by atoms with van der Waals surface area (Å²) in [4.78, 5) is 4.74. The first-order chi connectivity index (χ1) is 14.1. The summed E-state index contributed by atoms with van der Waals surface area (Å²) >= 11 is 1.44.